The molecule has 0 radical (unpaired) electrons. The van der Waals surface area contributed by atoms with E-state index in [9.17, 15) is 15.2 Å². The summed E-state index contributed by atoms with van der Waals surface area (Å²) in [7, 11) is 0. The number of halogens is 1. The lowest BCUT2D eigenvalue weighted by atomic mass is 10.1. The van der Waals surface area contributed by atoms with Gasteiger partial charge in [0, 0.05) is 22.2 Å². The molecule has 0 fully saturated rings. The number of hydrogen-bond acceptors (Lipinski definition) is 3. The van der Waals surface area contributed by atoms with Crippen LogP contribution in [0.25, 0.3) is 5.76 Å². The van der Waals surface area contributed by atoms with Crippen LogP contribution in [-0.4, -0.2) is 10.0 Å². The van der Waals surface area contributed by atoms with Gasteiger partial charge in [-0.15, -0.1) is 0 Å². The van der Waals surface area contributed by atoms with E-state index in [-0.39, 0.29) is 16.5 Å². The van der Waals surface area contributed by atoms with Crippen LogP contribution in [-0.2, 0) is 0 Å². The van der Waals surface area contributed by atoms with Crippen molar-refractivity contribution >= 4 is 23.0 Å². The van der Waals surface area contributed by atoms with Gasteiger partial charge < -0.3 is 5.11 Å². The Kier molecular flexibility index (Phi) is 6.28. The van der Waals surface area contributed by atoms with Gasteiger partial charge in [0.05, 0.1) is 4.92 Å². The van der Waals surface area contributed by atoms with E-state index in [1.165, 1.54) is 18.2 Å². The molecule has 0 aliphatic heterocycles. The third kappa shape index (κ3) is 3.75. The van der Waals surface area contributed by atoms with Crippen LogP contribution in [0.5, 0.6) is 0 Å². The van der Waals surface area contributed by atoms with Gasteiger partial charge in [0.2, 0.25) is 0 Å². The van der Waals surface area contributed by atoms with Gasteiger partial charge in [0.15, 0.2) is 0 Å². The standard InChI is InChI=1S/C10H10ClNO3.C2H6/c1-3-10(13)8-4-7(11)5-9(6(8)2)12(14)15;1-2/h3-5,13H,1-2H3;1-2H3. The molecule has 17 heavy (non-hydrogen) atoms. The highest BCUT2D eigenvalue weighted by atomic mass is 35.5. The van der Waals surface area contributed by atoms with Crippen molar-refractivity contribution in [3.63, 3.8) is 0 Å². The summed E-state index contributed by atoms with van der Waals surface area (Å²) in [6.07, 6.45) is 1.46. The number of aliphatic hydroxyl groups is 1. The van der Waals surface area contributed by atoms with Crippen LogP contribution in [0, 0.1) is 17.0 Å². The van der Waals surface area contributed by atoms with Gasteiger partial charge in [-0.2, -0.15) is 0 Å². The average molecular weight is 258 g/mol. The fourth-order valence-corrected chi connectivity index (χ4v) is 1.49. The molecule has 0 unspecified atom stereocenters. The lowest BCUT2D eigenvalue weighted by Crippen LogP contribution is -1.96. The van der Waals surface area contributed by atoms with Gasteiger partial charge in [-0.05, 0) is 26.0 Å². The monoisotopic (exact) mass is 257 g/mol. The van der Waals surface area contributed by atoms with Crippen LogP contribution < -0.4 is 0 Å². The van der Waals surface area contributed by atoms with Crippen molar-refractivity contribution in [1.29, 1.82) is 0 Å². The molecule has 0 aliphatic carbocycles. The SMILES string of the molecule is CC.CC=C(O)c1cc(Cl)cc([N+](=O)[O-])c1C. The summed E-state index contributed by atoms with van der Waals surface area (Å²) >= 11 is 5.72. The Morgan fingerprint density at radius 2 is 2.00 bits per heavy atom. The van der Waals surface area contributed by atoms with Crippen LogP contribution in [0.2, 0.25) is 5.02 Å². The van der Waals surface area contributed by atoms with E-state index in [1.54, 1.807) is 13.8 Å². The molecule has 0 spiro atoms. The van der Waals surface area contributed by atoms with Crippen LogP contribution in [0.1, 0.15) is 31.9 Å². The summed E-state index contributed by atoms with van der Waals surface area (Å²) in [5.41, 5.74) is 0.697. The van der Waals surface area contributed by atoms with E-state index in [2.05, 4.69) is 0 Å². The maximum atomic E-state index is 10.7. The highest BCUT2D eigenvalue weighted by Crippen LogP contribution is 2.29. The minimum Gasteiger partial charge on any atom is -0.508 e. The second kappa shape index (κ2) is 6.91. The molecule has 0 bridgehead atoms. The highest BCUT2D eigenvalue weighted by Gasteiger charge is 2.17. The molecular formula is C12H16ClNO3. The third-order valence-electron chi connectivity index (χ3n) is 2.09. The molecule has 94 valence electrons. The van der Waals surface area contributed by atoms with Gasteiger partial charge in [-0.25, -0.2) is 0 Å². The second-order valence-electron chi connectivity index (χ2n) is 3.03. The maximum Gasteiger partial charge on any atom is 0.274 e. The number of rotatable bonds is 2. The summed E-state index contributed by atoms with van der Waals surface area (Å²) in [4.78, 5) is 10.2. The summed E-state index contributed by atoms with van der Waals surface area (Å²) in [6.45, 7) is 7.21. The van der Waals surface area contributed by atoms with Crippen LogP contribution in [0.4, 0.5) is 5.69 Å². The largest absolute Gasteiger partial charge is 0.508 e. The van der Waals surface area contributed by atoms with E-state index in [0.717, 1.165) is 0 Å². The molecule has 4 nitrogen and oxygen atoms in total. The van der Waals surface area contributed by atoms with Crippen LogP contribution in [0.3, 0.4) is 0 Å². The first-order valence-corrected chi connectivity index (χ1v) is 5.65. The molecule has 1 rings (SSSR count). The number of allylic oxidation sites excluding steroid dienone is 1. The van der Waals surface area contributed by atoms with Gasteiger partial charge in [0.1, 0.15) is 5.76 Å². The first-order chi connectivity index (χ1) is 7.97. The fraction of sp³-hybridized carbons (Fsp3) is 0.333. The van der Waals surface area contributed by atoms with Crippen molar-refractivity contribution in [3.8, 4) is 0 Å². The number of benzene rings is 1. The van der Waals surface area contributed by atoms with Gasteiger partial charge in [-0.1, -0.05) is 25.4 Å². The lowest BCUT2D eigenvalue weighted by molar-refractivity contribution is -0.385. The molecule has 1 aromatic rings. The average Bonchev–Trinajstić information content (AvgIpc) is 2.33. The first kappa shape index (κ1) is 15.4. The predicted molar refractivity (Wildman–Crippen MR) is 70.5 cm³/mol. The molecule has 0 atom stereocenters. The molecule has 0 saturated heterocycles. The molecule has 0 aromatic heterocycles. The molecule has 5 heteroatoms. The number of nitrogens with zero attached hydrogens (tertiary/aromatic N) is 1. The molecular weight excluding hydrogens is 242 g/mol. The molecule has 1 aromatic carbocycles. The van der Waals surface area contributed by atoms with Crippen LogP contribution in [0.15, 0.2) is 18.2 Å². The first-order valence-electron chi connectivity index (χ1n) is 5.27. The number of nitro benzene ring substituents is 1. The minimum absolute atomic E-state index is 0.0156. The Balaban J connectivity index is 0.00000121. The topological polar surface area (TPSA) is 63.4 Å². The summed E-state index contributed by atoms with van der Waals surface area (Å²) in [5.74, 6) is -0.0156. The van der Waals surface area contributed by atoms with Gasteiger partial charge >= 0.3 is 0 Å². The Morgan fingerprint density at radius 3 is 2.41 bits per heavy atom. The van der Waals surface area contributed by atoms with Crippen molar-refractivity contribution in [2.24, 2.45) is 0 Å². The number of nitro groups is 1. The quantitative estimate of drug-likeness (QED) is 0.482. The second-order valence-corrected chi connectivity index (χ2v) is 3.46. The normalized spacial score (nSPS) is 10.5. The van der Waals surface area contributed by atoms with Gasteiger partial charge in [0.25, 0.3) is 5.69 Å². The highest BCUT2D eigenvalue weighted by molar-refractivity contribution is 6.31. The zero-order valence-electron chi connectivity index (χ0n) is 10.3. The third-order valence-corrected chi connectivity index (χ3v) is 2.31. The molecule has 0 heterocycles. The minimum atomic E-state index is -0.520. The van der Waals surface area contributed by atoms with E-state index in [1.807, 2.05) is 13.8 Å². The van der Waals surface area contributed by atoms with Crippen molar-refractivity contribution in [1.82, 2.24) is 0 Å². The fourth-order valence-electron chi connectivity index (χ4n) is 1.28. The Hall–Kier alpha value is -1.55. The van der Waals surface area contributed by atoms with E-state index >= 15 is 0 Å². The van der Waals surface area contributed by atoms with E-state index < -0.39 is 4.92 Å². The Morgan fingerprint density at radius 1 is 1.47 bits per heavy atom. The van der Waals surface area contributed by atoms with Crippen LogP contribution >= 0.6 is 11.6 Å². The number of hydrogen-bond donors (Lipinski definition) is 1. The zero-order valence-corrected chi connectivity index (χ0v) is 11.1. The number of aliphatic hydroxyl groups excluding tert-OH is 1. The predicted octanol–water partition coefficient (Wildman–Crippen LogP) is 4.50. The summed E-state index contributed by atoms with van der Waals surface area (Å²) in [5, 5.41) is 20.4. The summed E-state index contributed by atoms with van der Waals surface area (Å²) < 4.78 is 0. The van der Waals surface area contributed by atoms with Gasteiger partial charge in [-0.3, -0.25) is 10.1 Å². The van der Waals surface area contributed by atoms with E-state index in [4.69, 9.17) is 11.6 Å². The van der Waals surface area contributed by atoms with Crippen molar-refractivity contribution in [2.45, 2.75) is 27.7 Å². The van der Waals surface area contributed by atoms with E-state index in [0.29, 0.717) is 11.1 Å². The Bertz CT molecular complexity index is 442. The summed E-state index contributed by atoms with van der Waals surface area (Å²) in [6, 6.07) is 2.77. The lowest BCUT2D eigenvalue weighted by Gasteiger charge is -2.06. The maximum absolute atomic E-state index is 10.7. The molecule has 1 N–H and O–H groups in total. The molecule has 0 saturated carbocycles. The molecule has 0 aliphatic rings. The Labute approximate surface area is 106 Å². The van der Waals surface area contributed by atoms with Crippen molar-refractivity contribution in [3.05, 3.63) is 44.5 Å². The van der Waals surface area contributed by atoms with Crippen molar-refractivity contribution < 1.29 is 10.0 Å². The zero-order chi connectivity index (χ0) is 13.6. The molecule has 0 amide bonds. The van der Waals surface area contributed by atoms with Crippen molar-refractivity contribution in [2.75, 3.05) is 0 Å². The smallest absolute Gasteiger partial charge is 0.274 e.